The maximum atomic E-state index is 13.9. The molecular weight excluding hydrogens is 260 g/mol. The first kappa shape index (κ1) is 14.8. The van der Waals surface area contributed by atoms with E-state index in [1.807, 2.05) is 27.7 Å². The first-order valence-electron chi connectivity index (χ1n) is 6.35. The summed E-state index contributed by atoms with van der Waals surface area (Å²) in [6.07, 6.45) is 0. The number of methoxy groups -OCH3 is 1. The number of nitrogens with zero attached hydrogens (tertiary/aromatic N) is 1. The standard InChI is InChI=1S/C14H17BFNO3/c1-13(2)14(3,4)20-15(19-13)9-6-11(16)10(8-17)12(7-9)18-5/h6-7H,1-5H3. The number of hydrogen-bond donors (Lipinski definition) is 0. The minimum absolute atomic E-state index is 0.118. The van der Waals surface area contributed by atoms with Crippen LogP contribution in [-0.4, -0.2) is 25.4 Å². The third-order valence-corrected chi connectivity index (χ3v) is 3.93. The Morgan fingerprint density at radius 3 is 2.20 bits per heavy atom. The van der Waals surface area contributed by atoms with Crippen molar-refractivity contribution in [2.45, 2.75) is 38.9 Å². The average Bonchev–Trinajstić information content (AvgIpc) is 2.57. The van der Waals surface area contributed by atoms with Gasteiger partial charge in [0.1, 0.15) is 23.2 Å². The third-order valence-electron chi connectivity index (χ3n) is 3.93. The number of ether oxygens (including phenoxy) is 1. The summed E-state index contributed by atoms with van der Waals surface area (Å²) in [5.74, 6) is -0.464. The summed E-state index contributed by atoms with van der Waals surface area (Å²) in [4.78, 5) is 0. The van der Waals surface area contributed by atoms with Gasteiger partial charge >= 0.3 is 7.12 Å². The van der Waals surface area contributed by atoms with Crippen molar-refractivity contribution in [2.75, 3.05) is 7.11 Å². The van der Waals surface area contributed by atoms with Gasteiger partial charge in [-0.15, -0.1) is 0 Å². The molecule has 1 aromatic carbocycles. The zero-order valence-electron chi connectivity index (χ0n) is 12.3. The lowest BCUT2D eigenvalue weighted by Crippen LogP contribution is -2.41. The number of nitriles is 1. The molecule has 0 radical (unpaired) electrons. The summed E-state index contributed by atoms with van der Waals surface area (Å²) in [5, 5.41) is 8.92. The zero-order chi connectivity index (χ0) is 15.1. The van der Waals surface area contributed by atoms with Gasteiger partial charge in [0.15, 0.2) is 0 Å². The lowest BCUT2D eigenvalue weighted by Gasteiger charge is -2.32. The summed E-state index contributed by atoms with van der Waals surface area (Å²) in [5.41, 5.74) is -0.630. The van der Waals surface area contributed by atoms with Gasteiger partial charge < -0.3 is 14.0 Å². The highest BCUT2D eigenvalue weighted by Crippen LogP contribution is 2.36. The van der Waals surface area contributed by atoms with E-state index in [-0.39, 0.29) is 11.3 Å². The number of halogens is 1. The number of rotatable bonds is 2. The van der Waals surface area contributed by atoms with Crippen LogP contribution >= 0.6 is 0 Å². The molecule has 1 aliphatic heterocycles. The molecule has 20 heavy (non-hydrogen) atoms. The molecule has 106 valence electrons. The van der Waals surface area contributed by atoms with E-state index in [0.717, 1.165) is 0 Å². The predicted octanol–water partition coefficient (Wildman–Crippen LogP) is 2.01. The number of hydrogen-bond acceptors (Lipinski definition) is 4. The van der Waals surface area contributed by atoms with Crippen molar-refractivity contribution < 1.29 is 18.4 Å². The average molecular weight is 277 g/mol. The Kier molecular flexibility index (Phi) is 3.53. The van der Waals surface area contributed by atoms with Gasteiger partial charge in [0.25, 0.3) is 0 Å². The van der Waals surface area contributed by atoms with Crippen molar-refractivity contribution >= 4 is 12.6 Å². The lowest BCUT2D eigenvalue weighted by atomic mass is 9.78. The van der Waals surface area contributed by atoms with E-state index >= 15 is 0 Å². The molecule has 0 spiro atoms. The summed E-state index contributed by atoms with van der Waals surface area (Å²) in [6, 6.07) is 4.61. The minimum Gasteiger partial charge on any atom is -0.495 e. The highest BCUT2D eigenvalue weighted by Gasteiger charge is 2.52. The maximum absolute atomic E-state index is 13.9. The normalized spacial score (nSPS) is 19.8. The Hall–Kier alpha value is -1.58. The molecule has 0 atom stereocenters. The molecule has 1 aromatic rings. The molecule has 1 heterocycles. The fraction of sp³-hybridized carbons (Fsp3) is 0.500. The molecule has 2 rings (SSSR count). The van der Waals surface area contributed by atoms with Crippen molar-refractivity contribution in [3.05, 3.63) is 23.5 Å². The fourth-order valence-electron chi connectivity index (χ4n) is 1.99. The first-order valence-corrected chi connectivity index (χ1v) is 6.35. The van der Waals surface area contributed by atoms with Gasteiger partial charge in [-0.05, 0) is 45.3 Å². The van der Waals surface area contributed by atoms with Gasteiger partial charge in [-0.2, -0.15) is 5.26 Å². The third kappa shape index (κ3) is 2.28. The molecule has 4 nitrogen and oxygen atoms in total. The van der Waals surface area contributed by atoms with Crippen LogP contribution < -0.4 is 10.2 Å². The molecule has 0 amide bonds. The van der Waals surface area contributed by atoms with Gasteiger partial charge in [-0.25, -0.2) is 4.39 Å². The topological polar surface area (TPSA) is 51.5 Å². The van der Waals surface area contributed by atoms with Crippen molar-refractivity contribution in [2.24, 2.45) is 0 Å². The summed E-state index contributed by atoms with van der Waals surface area (Å²) < 4.78 is 30.7. The second-order valence-corrected chi connectivity index (χ2v) is 5.78. The van der Waals surface area contributed by atoms with Crippen molar-refractivity contribution in [3.8, 4) is 11.8 Å². The van der Waals surface area contributed by atoms with Crippen LogP contribution in [0.2, 0.25) is 0 Å². The van der Waals surface area contributed by atoms with Gasteiger partial charge in [0.05, 0.1) is 18.3 Å². The SMILES string of the molecule is COc1cc(B2OC(C)(C)C(C)(C)O2)cc(F)c1C#N. The second-order valence-electron chi connectivity index (χ2n) is 5.78. The van der Waals surface area contributed by atoms with Crippen LogP contribution in [0.3, 0.4) is 0 Å². The molecule has 0 N–H and O–H groups in total. The summed E-state index contributed by atoms with van der Waals surface area (Å²) >= 11 is 0. The van der Waals surface area contributed by atoms with Crippen LogP contribution in [0.1, 0.15) is 33.3 Å². The van der Waals surface area contributed by atoms with Gasteiger partial charge in [0.2, 0.25) is 0 Å². The van der Waals surface area contributed by atoms with Crippen LogP contribution in [-0.2, 0) is 9.31 Å². The molecule has 0 saturated carbocycles. The van der Waals surface area contributed by atoms with Crippen LogP contribution in [0, 0.1) is 17.1 Å². The Morgan fingerprint density at radius 2 is 1.75 bits per heavy atom. The van der Waals surface area contributed by atoms with E-state index in [2.05, 4.69) is 0 Å². The van der Waals surface area contributed by atoms with Crippen molar-refractivity contribution in [1.82, 2.24) is 0 Å². The first-order chi connectivity index (χ1) is 9.21. The zero-order valence-corrected chi connectivity index (χ0v) is 12.3. The van der Waals surface area contributed by atoms with E-state index in [9.17, 15) is 4.39 Å². The lowest BCUT2D eigenvalue weighted by molar-refractivity contribution is 0.00578. The van der Waals surface area contributed by atoms with Crippen LogP contribution in [0.4, 0.5) is 4.39 Å². The highest BCUT2D eigenvalue weighted by molar-refractivity contribution is 6.62. The molecule has 0 aromatic heterocycles. The quantitative estimate of drug-likeness (QED) is 0.776. The Balaban J connectivity index is 2.42. The van der Waals surface area contributed by atoms with E-state index in [0.29, 0.717) is 5.46 Å². The highest BCUT2D eigenvalue weighted by atomic mass is 19.1. The summed E-state index contributed by atoms with van der Waals surface area (Å²) in [7, 11) is 0.708. The second kappa shape index (κ2) is 4.76. The molecular formula is C14H17BFNO3. The van der Waals surface area contributed by atoms with Gasteiger partial charge in [-0.1, -0.05) is 0 Å². The molecule has 0 bridgehead atoms. The van der Waals surface area contributed by atoms with Crippen LogP contribution in [0.5, 0.6) is 5.75 Å². The largest absolute Gasteiger partial charge is 0.495 e. The fourth-order valence-corrected chi connectivity index (χ4v) is 1.99. The van der Waals surface area contributed by atoms with Crippen molar-refractivity contribution in [1.29, 1.82) is 5.26 Å². The Bertz CT molecular complexity index is 565. The van der Waals surface area contributed by atoms with Crippen LogP contribution in [0.25, 0.3) is 0 Å². The smallest absolute Gasteiger partial charge is 0.495 e. The summed E-state index contributed by atoms with van der Waals surface area (Å²) in [6.45, 7) is 7.68. The van der Waals surface area contributed by atoms with E-state index in [1.54, 1.807) is 12.1 Å². The molecule has 1 fully saturated rings. The maximum Gasteiger partial charge on any atom is 0.495 e. The Morgan fingerprint density at radius 1 is 1.20 bits per heavy atom. The Labute approximate surface area is 118 Å². The molecule has 6 heteroatoms. The van der Waals surface area contributed by atoms with Crippen LogP contribution in [0.15, 0.2) is 12.1 Å². The van der Waals surface area contributed by atoms with E-state index in [1.165, 1.54) is 13.2 Å². The minimum atomic E-state index is -0.684. The van der Waals surface area contributed by atoms with E-state index < -0.39 is 24.1 Å². The monoisotopic (exact) mass is 277 g/mol. The number of benzene rings is 1. The van der Waals surface area contributed by atoms with Gasteiger partial charge in [-0.3, -0.25) is 0 Å². The van der Waals surface area contributed by atoms with Gasteiger partial charge in [0, 0.05) is 0 Å². The van der Waals surface area contributed by atoms with Crippen molar-refractivity contribution in [3.63, 3.8) is 0 Å². The molecule has 1 aliphatic rings. The molecule has 0 unspecified atom stereocenters. The van der Waals surface area contributed by atoms with E-state index in [4.69, 9.17) is 19.3 Å². The molecule has 1 saturated heterocycles. The molecule has 0 aliphatic carbocycles. The predicted molar refractivity (Wildman–Crippen MR) is 73.4 cm³/mol.